The smallest absolute Gasteiger partial charge is 0.258 e. The molecule has 1 unspecified atom stereocenters. The van der Waals surface area contributed by atoms with Crippen LogP contribution >= 0.6 is 15.9 Å². The fourth-order valence-electron chi connectivity index (χ4n) is 3.76. The summed E-state index contributed by atoms with van der Waals surface area (Å²) < 4.78 is 6.82. The van der Waals surface area contributed by atoms with Gasteiger partial charge >= 0.3 is 0 Å². The molecule has 2 aromatic carbocycles. The lowest BCUT2D eigenvalue weighted by Crippen LogP contribution is -2.41. The third-order valence-corrected chi connectivity index (χ3v) is 6.21. The fourth-order valence-corrected chi connectivity index (χ4v) is 4.01. The highest BCUT2D eigenvalue weighted by atomic mass is 79.9. The van der Waals surface area contributed by atoms with Crippen LogP contribution in [-0.2, 0) is 4.79 Å². The van der Waals surface area contributed by atoms with Gasteiger partial charge in [0.25, 0.3) is 5.88 Å². The molecule has 1 aliphatic rings. The number of aryl methyl sites for hydroxylation is 1. The maximum absolute atomic E-state index is 12.9. The number of piperidine rings is 1. The molecule has 156 valence electrons. The van der Waals surface area contributed by atoms with E-state index < -0.39 is 0 Å². The molecule has 1 atom stereocenters. The summed E-state index contributed by atoms with van der Waals surface area (Å²) in [5.41, 5.74) is 3.54. The Morgan fingerprint density at radius 3 is 2.73 bits per heavy atom. The van der Waals surface area contributed by atoms with E-state index in [1.54, 1.807) is 0 Å². The van der Waals surface area contributed by atoms with Gasteiger partial charge in [0.1, 0.15) is 0 Å². The van der Waals surface area contributed by atoms with Crippen LogP contribution in [0.25, 0.3) is 11.0 Å². The topological polar surface area (TPSA) is 67.4 Å². The number of benzene rings is 2. The van der Waals surface area contributed by atoms with Crippen molar-refractivity contribution in [1.29, 1.82) is 0 Å². The van der Waals surface area contributed by atoms with Crippen molar-refractivity contribution in [3.8, 4) is 5.88 Å². The number of aromatic nitrogens is 2. The van der Waals surface area contributed by atoms with E-state index >= 15 is 0 Å². The Morgan fingerprint density at radius 1 is 1.23 bits per heavy atom. The van der Waals surface area contributed by atoms with E-state index in [4.69, 9.17) is 9.72 Å². The molecule has 1 aliphatic heterocycles. The van der Waals surface area contributed by atoms with E-state index in [1.165, 1.54) is 0 Å². The van der Waals surface area contributed by atoms with Crippen LogP contribution in [0.2, 0.25) is 0 Å². The predicted octanol–water partition coefficient (Wildman–Crippen LogP) is 4.95. The quantitative estimate of drug-likeness (QED) is 0.573. The van der Waals surface area contributed by atoms with Crippen LogP contribution in [0.4, 0.5) is 11.5 Å². The summed E-state index contributed by atoms with van der Waals surface area (Å²) in [7, 11) is 0. The molecule has 30 heavy (non-hydrogen) atoms. The maximum Gasteiger partial charge on any atom is 0.258 e. The van der Waals surface area contributed by atoms with Crippen molar-refractivity contribution in [3.63, 3.8) is 0 Å². The second-order valence-electron chi connectivity index (χ2n) is 7.51. The molecule has 0 saturated carbocycles. The second kappa shape index (κ2) is 9.00. The van der Waals surface area contributed by atoms with E-state index in [9.17, 15) is 4.79 Å². The Morgan fingerprint density at radius 2 is 2.00 bits per heavy atom. The van der Waals surface area contributed by atoms with Gasteiger partial charge in [-0.25, -0.2) is 9.97 Å². The van der Waals surface area contributed by atoms with Crippen molar-refractivity contribution in [3.05, 3.63) is 52.5 Å². The van der Waals surface area contributed by atoms with Gasteiger partial charge in [-0.3, -0.25) is 4.79 Å². The molecule has 1 amide bonds. The normalized spacial score (nSPS) is 16.5. The van der Waals surface area contributed by atoms with E-state index in [-0.39, 0.29) is 11.8 Å². The first-order chi connectivity index (χ1) is 14.5. The van der Waals surface area contributed by atoms with Crippen LogP contribution in [-0.4, -0.2) is 35.6 Å². The maximum atomic E-state index is 12.9. The Kier molecular flexibility index (Phi) is 6.18. The van der Waals surface area contributed by atoms with E-state index in [2.05, 4.69) is 31.1 Å². The molecular formula is C23H25BrN4O2. The number of para-hydroxylation sites is 2. The first kappa shape index (κ1) is 20.6. The lowest BCUT2D eigenvalue weighted by atomic mass is 9.97. The lowest BCUT2D eigenvalue weighted by molar-refractivity contribution is -0.120. The lowest BCUT2D eigenvalue weighted by Gasteiger charge is -2.33. The fraction of sp³-hybridized carbons (Fsp3) is 0.348. The number of carbonyl (C=O) groups excluding carboxylic acids is 1. The molecule has 4 rings (SSSR count). The summed E-state index contributed by atoms with van der Waals surface area (Å²) >= 11 is 3.50. The monoisotopic (exact) mass is 468 g/mol. The predicted molar refractivity (Wildman–Crippen MR) is 123 cm³/mol. The van der Waals surface area contributed by atoms with Crippen molar-refractivity contribution in [2.45, 2.75) is 26.7 Å². The van der Waals surface area contributed by atoms with Gasteiger partial charge in [-0.15, -0.1) is 0 Å². The zero-order valence-electron chi connectivity index (χ0n) is 17.2. The second-order valence-corrected chi connectivity index (χ2v) is 8.37. The van der Waals surface area contributed by atoms with Crippen LogP contribution in [0, 0.1) is 12.8 Å². The third-order valence-electron chi connectivity index (χ3n) is 5.32. The Balaban J connectivity index is 1.55. The van der Waals surface area contributed by atoms with Crippen LogP contribution in [0.15, 0.2) is 46.9 Å². The van der Waals surface area contributed by atoms with Gasteiger partial charge in [0.2, 0.25) is 5.91 Å². The SMILES string of the molecule is CCOc1nc2ccccc2nc1N1CCCC(C(=O)Nc2ccc(Br)c(C)c2)C1. The molecular weight excluding hydrogens is 444 g/mol. The van der Waals surface area contributed by atoms with Crippen molar-refractivity contribution in [1.82, 2.24) is 9.97 Å². The molecule has 3 aromatic rings. The third kappa shape index (κ3) is 4.41. The minimum atomic E-state index is -0.120. The molecule has 0 aliphatic carbocycles. The first-order valence-electron chi connectivity index (χ1n) is 10.3. The number of nitrogens with one attached hydrogen (secondary N) is 1. The van der Waals surface area contributed by atoms with Gasteiger partial charge < -0.3 is 15.0 Å². The molecule has 1 fully saturated rings. The Labute approximate surface area is 184 Å². The summed E-state index contributed by atoms with van der Waals surface area (Å²) in [6.45, 7) is 5.88. The summed E-state index contributed by atoms with van der Waals surface area (Å²) in [6, 6.07) is 13.6. The molecule has 1 saturated heterocycles. The number of halogens is 1. The number of hydrogen-bond donors (Lipinski definition) is 1. The van der Waals surface area contributed by atoms with Gasteiger partial charge in [0.05, 0.1) is 23.6 Å². The Hall–Kier alpha value is -2.67. The summed E-state index contributed by atoms with van der Waals surface area (Å²) in [5.74, 6) is 1.16. The van der Waals surface area contributed by atoms with Gasteiger partial charge in [0, 0.05) is 23.2 Å². The molecule has 0 bridgehead atoms. The van der Waals surface area contributed by atoms with Crippen LogP contribution in [0.5, 0.6) is 5.88 Å². The zero-order chi connectivity index (χ0) is 21.1. The van der Waals surface area contributed by atoms with Gasteiger partial charge in [0.15, 0.2) is 5.82 Å². The molecule has 1 N–H and O–H groups in total. The number of ether oxygens (including phenoxy) is 1. The highest BCUT2D eigenvalue weighted by Crippen LogP contribution is 2.31. The van der Waals surface area contributed by atoms with Crippen molar-refractivity contribution in [2.75, 3.05) is 29.9 Å². The number of fused-ring (bicyclic) bond motifs is 1. The first-order valence-corrected chi connectivity index (χ1v) is 11.1. The van der Waals surface area contributed by atoms with Crippen LogP contribution in [0.3, 0.4) is 0 Å². The highest BCUT2D eigenvalue weighted by Gasteiger charge is 2.29. The molecule has 0 radical (unpaired) electrons. The van der Waals surface area contributed by atoms with Crippen molar-refractivity contribution in [2.24, 2.45) is 5.92 Å². The van der Waals surface area contributed by atoms with E-state index in [1.807, 2.05) is 56.3 Å². The van der Waals surface area contributed by atoms with Gasteiger partial charge in [-0.2, -0.15) is 0 Å². The highest BCUT2D eigenvalue weighted by molar-refractivity contribution is 9.10. The zero-order valence-corrected chi connectivity index (χ0v) is 18.8. The minimum Gasteiger partial charge on any atom is -0.475 e. The number of carbonyl (C=O) groups is 1. The standard InChI is InChI=1S/C23H25BrN4O2/c1-3-30-23-21(26-19-8-4-5-9-20(19)27-23)28-12-6-7-16(14-28)22(29)25-17-10-11-18(24)15(2)13-17/h4-5,8-11,13,16H,3,6-7,12,14H2,1-2H3,(H,25,29). The number of nitrogens with zero attached hydrogens (tertiary/aromatic N) is 3. The van der Waals surface area contributed by atoms with Crippen molar-refractivity contribution >= 4 is 44.4 Å². The average molecular weight is 469 g/mol. The molecule has 2 heterocycles. The summed E-state index contributed by atoms with van der Waals surface area (Å²) in [5, 5.41) is 3.07. The number of hydrogen-bond acceptors (Lipinski definition) is 5. The number of amides is 1. The number of rotatable bonds is 5. The molecule has 7 heteroatoms. The van der Waals surface area contributed by atoms with E-state index in [0.29, 0.717) is 24.8 Å². The largest absolute Gasteiger partial charge is 0.475 e. The number of anilines is 2. The molecule has 6 nitrogen and oxygen atoms in total. The van der Waals surface area contributed by atoms with Crippen LogP contribution < -0.4 is 15.0 Å². The summed E-state index contributed by atoms with van der Waals surface area (Å²) in [4.78, 5) is 24.6. The van der Waals surface area contributed by atoms with Gasteiger partial charge in [-0.05, 0) is 62.6 Å². The van der Waals surface area contributed by atoms with E-state index in [0.717, 1.165) is 46.1 Å². The van der Waals surface area contributed by atoms with Crippen LogP contribution in [0.1, 0.15) is 25.3 Å². The van der Waals surface area contributed by atoms with Gasteiger partial charge in [-0.1, -0.05) is 28.1 Å². The molecule has 0 spiro atoms. The minimum absolute atomic E-state index is 0.0353. The molecule has 1 aromatic heterocycles. The average Bonchev–Trinajstić information content (AvgIpc) is 2.76. The summed E-state index contributed by atoms with van der Waals surface area (Å²) in [6.07, 6.45) is 1.76. The van der Waals surface area contributed by atoms with Crippen molar-refractivity contribution < 1.29 is 9.53 Å². The Bertz CT molecular complexity index is 1070.